The number of benzene rings is 4. The summed E-state index contributed by atoms with van der Waals surface area (Å²) in [7, 11) is 0. The van der Waals surface area contributed by atoms with Crippen molar-refractivity contribution < 1.29 is 13.2 Å². The minimum atomic E-state index is -1.45. The lowest BCUT2D eigenvalue weighted by Gasteiger charge is -2.06. The fourth-order valence-corrected chi connectivity index (χ4v) is 3.51. The van der Waals surface area contributed by atoms with Gasteiger partial charge in [0.1, 0.15) is 0 Å². The number of hydrogen-bond acceptors (Lipinski definition) is 0. The van der Waals surface area contributed by atoms with Gasteiger partial charge >= 0.3 is 0 Å². The normalized spacial score (nSPS) is 10.7. The molecule has 0 aromatic heterocycles. The minimum Gasteiger partial charge on any atom is -0.204 e. The van der Waals surface area contributed by atoms with Crippen molar-refractivity contribution in [3.05, 3.63) is 107 Å². The highest BCUT2D eigenvalue weighted by molar-refractivity contribution is 5.88. The Morgan fingerprint density at radius 2 is 1.29 bits per heavy atom. The molecular weight excluding hydrogens is 393 g/mol. The summed E-state index contributed by atoms with van der Waals surface area (Å²) in [6.07, 6.45) is 3.47. The van der Waals surface area contributed by atoms with E-state index in [1.54, 1.807) is 12.1 Å². The average Bonchev–Trinajstić information content (AvgIpc) is 2.80. The Balaban J connectivity index is 1.54. The molecule has 0 bridgehead atoms. The van der Waals surface area contributed by atoms with E-state index >= 15 is 0 Å². The van der Waals surface area contributed by atoms with Crippen LogP contribution in [0.2, 0.25) is 0 Å². The highest BCUT2D eigenvalue weighted by Crippen LogP contribution is 2.28. The summed E-state index contributed by atoms with van der Waals surface area (Å²) in [4.78, 5) is 0. The second-order valence-corrected chi connectivity index (χ2v) is 7.55. The first kappa shape index (κ1) is 20.8. The SMILES string of the molecule is CCCCc1ccc(C#Cc2ccc(-c3ccc4c(F)c(F)c(F)cc4c3)cc2)cc1. The van der Waals surface area contributed by atoms with Crippen molar-refractivity contribution in [2.45, 2.75) is 26.2 Å². The Morgan fingerprint density at radius 3 is 1.94 bits per heavy atom. The zero-order valence-electron chi connectivity index (χ0n) is 17.2. The molecule has 0 amide bonds. The monoisotopic (exact) mass is 414 g/mol. The largest absolute Gasteiger partial charge is 0.204 e. The van der Waals surface area contributed by atoms with Crippen molar-refractivity contribution in [1.82, 2.24) is 0 Å². The van der Waals surface area contributed by atoms with E-state index in [0.717, 1.165) is 34.7 Å². The van der Waals surface area contributed by atoms with Gasteiger partial charge in [-0.05, 0) is 71.3 Å². The van der Waals surface area contributed by atoms with Gasteiger partial charge in [-0.15, -0.1) is 0 Å². The Labute approximate surface area is 180 Å². The number of rotatable bonds is 4. The molecule has 0 saturated heterocycles. The van der Waals surface area contributed by atoms with Crippen LogP contribution in [0.15, 0.2) is 72.8 Å². The molecule has 154 valence electrons. The second kappa shape index (κ2) is 9.10. The van der Waals surface area contributed by atoms with Gasteiger partial charge in [0.15, 0.2) is 17.5 Å². The van der Waals surface area contributed by atoms with Crippen molar-refractivity contribution in [3.8, 4) is 23.0 Å². The van der Waals surface area contributed by atoms with Gasteiger partial charge < -0.3 is 0 Å². The summed E-state index contributed by atoms with van der Waals surface area (Å²) in [6.45, 7) is 2.19. The molecule has 0 aliphatic carbocycles. The Kier molecular flexibility index (Phi) is 6.09. The number of unbranched alkanes of at least 4 members (excludes halogenated alkanes) is 1. The van der Waals surface area contributed by atoms with Crippen molar-refractivity contribution in [2.75, 3.05) is 0 Å². The fraction of sp³-hybridized carbons (Fsp3) is 0.143. The van der Waals surface area contributed by atoms with Crippen LogP contribution < -0.4 is 0 Å². The molecule has 0 heterocycles. The standard InChI is InChI=1S/C28H21F3/c1-2-3-4-19-5-7-20(8-6-19)9-10-21-11-13-22(14-12-21)23-15-16-25-24(17-23)18-26(29)28(31)27(25)30/h5-8,11-18H,2-4H2,1H3. The van der Waals surface area contributed by atoms with Crippen LogP contribution in [-0.2, 0) is 6.42 Å². The van der Waals surface area contributed by atoms with Gasteiger partial charge in [0.2, 0.25) is 0 Å². The maximum absolute atomic E-state index is 13.9. The van der Waals surface area contributed by atoms with E-state index in [0.29, 0.717) is 5.39 Å². The number of aryl methyl sites for hydroxylation is 1. The van der Waals surface area contributed by atoms with Gasteiger partial charge in [-0.1, -0.05) is 61.6 Å². The Morgan fingerprint density at radius 1 is 0.677 bits per heavy atom. The van der Waals surface area contributed by atoms with Crippen molar-refractivity contribution in [2.24, 2.45) is 0 Å². The van der Waals surface area contributed by atoms with Gasteiger partial charge in [-0.25, -0.2) is 13.2 Å². The summed E-state index contributed by atoms with van der Waals surface area (Å²) < 4.78 is 40.9. The Bertz CT molecular complexity index is 1270. The average molecular weight is 414 g/mol. The van der Waals surface area contributed by atoms with Gasteiger partial charge in [0.05, 0.1) is 0 Å². The molecule has 0 aliphatic heterocycles. The number of hydrogen-bond donors (Lipinski definition) is 0. The molecule has 0 saturated carbocycles. The van der Waals surface area contributed by atoms with Gasteiger partial charge in [-0.3, -0.25) is 0 Å². The predicted octanol–water partition coefficient (Wildman–Crippen LogP) is 7.67. The van der Waals surface area contributed by atoms with Gasteiger partial charge in [-0.2, -0.15) is 0 Å². The first-order chi connectivity index (χ1) is 15.0. The number of fused-ring (bicyclic) bond motifs is 1. The van der Waals surface area contributed by atoms with Crippen LogP contribution >= 0.6 is 0 Å². The lowest BCUT2D eigenvalue weighted by atomic mass is 10.00. The first-order valence-corrected chi connectivity index (χ1v) is 10.3. The van der Waals surface area contributed by atoms with Crippen LogP contribution in [0.5, 0.6) is 0 Å². The fourth-order valence-electron chi connectivity index (χ4n) is 3.51. The maximum Gasteiger partial charge on any atom is 0.195 e. The molecule has 0 aliphatic rings. The molecule has 31 heavy (non-hydrogen) atoms. The minimum absolute atomic E-state index is 0.0610. The lowest BCUT2D eigenvalue weighted by molar-refractivity contribution is 0.453. The topological polar surface area (TPSA) is 0 Å². The molecule has 0 unspecified atom stereocenters. The van der Waals surface area contributed by atoms with Crippen LogP contribution in [-0.4, -0.2) is 0 Å². The summed E-state index contributed by atoms with van der Waals surface area (Å²) >= 11 is 0. The summed E-state index contributed by atoms with van der Waals surface area (Å²) in [5, 5.41) is 0.381. The molecule has 0 spiro atoms. The first-order valence-electron chi connectivity index (χ1n) is 10.3. The maximum atomic E-state index is 13.9. The zero-order valence-corrected chi connectivity index (χ0v) is 17.2. The third-order valence-electron chi connectivity index (χ3n) is 5.31. The quantitative estimate of drug-likeness (QED) is 0.237. The third-order valence-corrected chi connectivity index (χ3v) is 5.31. The van der Waals surface area contributed by atoms with Crippen molar-refractivity contribution >= 4 is 10.8 Å². The summed E-state index contributed by atoms with van der Waals surface area (Å²) in [5.41, 5.74) is 4.85. The lowest BCUT2D eigenvalue weighted by Crippen LogP contribution is -1.92. The zero-order chi connectivity index (χ0) is 21.8. The van der Waals surface area contributed by atoms with E-state index in [2.05, 4.69) is 30.9 Å². The molecule has 4 rings (SSSR count). The van der Waals surface area contributed by atoms with E-state index in [1.807, 2.05) is 36.4 Å². The molecule has 3 heteroatoms. The molecule has 0 N–H and O–H groups in total. The third kappa shape index (κ3) is 4.64. The molecule has 0 fully saturated rings. The number of halogens is 3. The molecule has 4 aromatic carbocycles. The molecule has 4 aromatic rings. The van der Waals surface area contributed by atoms with E-state index in [9.17, 15) is 13.2 Å². The summed E-state index contributed by atoms with van der Waals surface area (Å²) in [5.74, 6) is 2.54. The van der Waals surface area contributed by atoms with E-state index in [4.69, 9.17) is 0 Å². The molecular formula is C28H21F3. The van der Waals surface area contributed by atoms with E-state index in [1.165, 1.54) is 24.5 Å². The van der Waals surface area contributed by atoms with Crippen molar-refractivity contribution in [1.29, 1.82) is 0 Å². The summed E-state index contributed by atoms with van der Waals surface area (Å²) in [6, 6.07) is 21.8. The van der Waals surface area contributed by atoms with Gasteiger partial charge in [0.25, 0.3) is 0 Å². The van der Waals surface area contributed by atoms with E-state index < -0.39 is 17.5 Å². The van der Waals surface area contributed by atoms with Crippen molar-refractivity contribution in [3.63, 3.8) is 0 Å². The van der Waals surface area contributed by atoms with E-state index in [-0.39, 0.29) is 5.39 Å². The highest BCUT2D eigenvalue weighted by atomic mass is 19.2. The second-order valence-electron chi connectivity index (χ2n) is 7.55. The molecule has 0 atom stereocenters. The van der Waals surface area contributed by atoms with Gasteiger partial charge in [0, 0.05) is 16.5 Å². The molecule has 0 nitrogen and oxygen atoms in total. The van der Waals surface area contributed by atoms with Crippen LogP contribution in [0.1, 0.15) is 36.5 Å². The Hall–Kier alpha value is -3.51. The van der Waals surface area contributed by atoms with Crippen LogP contribution in [0, 0.1) is 29.3 Å². The molecule has 0 radical (unpaired) electrons. The predicted molar refractivity (Wildman–Crippen MR) is 120 cm³/mol. The highest BCUT2D eigenvalue weighted by Gasteiger charge is 2.13. The smallest absolute Gasteiger partial charge is 0.195 e. The van der Waals surface area contributed by atoms with Crippen LogP contribution in [0.3, 0.4) is 0 Å². The van der Waals surface area contributed by atoms with Crippen LogP contribution in [0.25, 0.3) is 21.9 Å². The van der Waals surface area contributed by atoms with Crippen LogP contribution in [0.4, 0.5) is 13.2 Å².